The van der Waals surface area contributed by atoms with E-state index < -0.39 is 0 Å². The van der Waals surface area contributed by atoms with Gasteiger partial charge < -0.3 is 5.32 Å². The second kappa shape index (κ2) is 6.93. The van der Waals surface area contributed by atoms with Crippen molar-refractivity contribution in [3.05, 3.63) is 64.9 Å². The molecule has 0 radical (unpaired) electrons. The first-order valence-electron chi connectivity index (χ1n) is 7.83. The normalized spacial score (nSPS) is 10.8. The first-order chi connectivity index (χ1) is 11.5. The quantitative estimate of drug-likeness (QED) is 0.737. The minimum Gasteiger partial charge on any atom is -0.321 e. The number of rotatable bonds is 4. The van der Waals surface area contributed by atoms with Gasteiger partial charge in [0.25, 0.3) is 5.91 Å². The SMILES string of the molecule is Cc1nc(-c2cccnc2)sc1C(=O)Nc1ccc(C(C)C)cc1. The number of nitrogens with one attached hydrogen (secondary N) is 1. The molecule has 5 heteroatoms. The zero-order chi connectivity index (χ0) is 17.1. The maximum Gasteiger partial charge on any atom is 0.267 e. The summed E-state index contributed by atoms with van der Waals surface area (Å²) in [6.45, 7) is 6.15. The summed E-state index contributed by atoms with van der Waals surface area (Å²) < 4.78 is 0. The number of anilines is 1. The van der Waals surface area contributed by atoms with Gasteiger partial charge in [0.2, 0.25) is 0 Å². The number of nitrogens with zero attached hydrogens (tertiary/aromatic N) is 2. The molecule has 0 saturated carbocycles. The van der Waals surface area contributed by atoms with Gasteiger partial charge in [0.15, 0.2) is 0 Å². The molecule has 0 fully saturated rings. The monoisotopic (exact) mass is 337 g/mol. The summed E-state index contributed by atoms with van der Waals surface area (Å²) >= 11 is 1.38. The van der Waals surface area contributed by atoms with Gasteiger partial charge in [-0.25, -0.2) is 4.98 Å². The average Bonchev–Trinajstić information content (AvgIpc) is 2.98. The maximum absolute atomic E-state index is 12.5. The molecule has 0 aliphatic rings. The number of amides is 1. The zero-order valence-corrected chi connectivity index (χ0v) is 14.7. The molecule has 122 valence electrons. The van der Waals surface area contributed by atoms with Gasteiger partial charge in [-0.05, 0) is 42.7 Å². The van der Waals surface area contributed by atoms with Crippen molar-refractivity contribution >= 4 is 22.9 Å². The number of carbonyl (C=O) groups excluding carboxylic acids is 1. The van der Waals surface area contributed by atoms with Gasteiger partial charge in [0.1, 0.15) is 9.88 Å². The highest BCUT2D eigenvalue weighted by Gasteiger charge is 2.16. The average molecular weight is 337 g/mol. The summed E-state index contributed by atoms with van der Waals surface area (Å²) in [5.41, 5.74) is 3.70. The van der Waals surface area contributed by atoms with Crippen molar-refractivity contribution in [1.29, 1.82) is 0 Å². The zero-order valence-electron chi connectivity index (χ0n) is 13.9. The van der Waals surface area contributed by atoms with E-state index in [9.17, 15) is 4.79 Å². The third kappa shape index (κ3) is 3.51. The lowest BCUT2D eigenvalue weighted by Gasteiger charge is -2.08. The Morgan fingerprint density at radius 2 is 1.92 bits per heavy atom. The molecule has 1 N–H and O–H groups in total. The molecular formula is C19H19N3OS. The van der Waals surface area contributed by atoms with Crippen LogP contribution >= 0.6 is 11.3 Å². The molecule has 1 amide bonds. The second-order valence-electron chi connectivity index (χ2n) is 5.91. The van der Waals surface area contributed by atoms with Gasteiger partial charge in [0, 0.05) is 23.6 Å². The van der Waals surface area contributed by atoms with E-state index in [-0.39, 0.29) is 5.91 Å². The first kappa shape index (κ1) is 16.3. The van der Waals surface area contributed by atoms with Crippen LogP contribution in [-0.2, 0) is 0 Å². The Morgan fingerprint density at radius 3 is 2.54 bits per heavy atom. The molecule has 2 aromatic heterocycles. The van der Waals surface area contributed by atoms with E-state index in [1.165, 1.54) is 16.9 Å². The molecule has 0 spiro atoms. The summed E-state index contributed by atoms with van der Waals surface area (Å²) in [7, 11) is 0. The van der Waals surface area contributed by atoms with Crippen LogP contribution < -0.4 is 5.32 Å². The Morgan fingerprint density at radius 1 is 1.17 bits per heavy atom. The summed E-state index contributed by atoms with van der Waals surface area (Å²) in [4.78, 5) is 21.8. The Labute approximate surface area is 145 Å². The predicted molar refractivity (Wildman–Crippen MR) is 98.6 cm³/mol. The van der Waals surface area contributed by atoms with Gasteiger partial charge >= 0.3 is 0 Å². The largest absolute Gasteiger partial charge is 0.321 e. The lowest BCUT2D eigenvalue weighted by atomic mass is 10.0. The standard InChI is InChI=1S/C19H19N3OS/c1-12(2)14-6-8-16(9-7-14)22-18(23)17-13(3)21-19(24-17)15-5-4-10-20-11-15/h4-12H,1-3H3,(H,22,23). The van der Waals surface area contributed by atoms with Crippen molar-refractivity contribution in [3.8, 4) is 10.6 Å². The minimum atomic E-state index is -0.127. The molecule has 0 bridgehead atoms. The fourth-order valence-electron chi connectivity index (χ4n) is 2.36. The van der Waals surface area contributed by atoms with Crippen LogP contribution in [0.1, 0.15) is 40.7 Å². The fraction of sp³-hybridized carbons (Fsp3) is 0.211. The molecular weight excluding hydrogens is 318 g/mol. The van der Waals surface area contributed by atoms with Gasteiger partial charge in [-0.1, -0.05) is 26.0 Å². The summed E-state index contributed by atoms with van der Waals surface area (Å²) in [6, 6.07) is 11.8. The highest BCUT2D eigenvalue weighted by Crippen LogP contribution is 2.28. The van der Waals surface area contributed by atoms with Crippen molar-refractivity contribution in [3.63, 3.8) is 0 Å². The van der Waals surface area contributed by atoms with Crippen molar-refractivity contribution in [2.75, 3.05) is 5.32 Å². The molecule has 0 atom stereocenters. The maximum atomic E-state index is 12.5. The summed E-state index contributed by atoms with van der Waals surface area (Å²) in [5.74, 6) is 0.345. The Balaban J connectivity index is 1.79. The number of aromatic nitrogens is 2. The lowest BCUT2D eigenvalue weighted by molar-refractivity contribution is 0.103. The van der Waals surface area contributed by atoms with Crippen LogP contribution in [0.5, 0.6) is 0 Å². The summed E-state index contributed by atoms with van der Waals surface area (Å²) in [5, 5.41) is 3.75. The third-order valence-corrected chi connectivity index (χ3v) is 4.95. The molecule has 3 aromatic rings. The number of benzene rings is 1. The fourth-order valence-corrected chi connectivity index (χ4v) is 3.31. The molecule has 0 saturated heterocycles. The lowest BCUT2D eigenvalue weighted by Crippen LogP contribution is -2.11. The number of hydrogen-bond acceptors (Lipinski definition) is 4. The summed E-state index contributed by atoms with van der Waals surface area (Å²) in [6.07, 6.45) is 3.48. The predicted octanol–water partition coefficient (Wildman–Crippen LogP) is 4.89. The number of thiazole rings is 1. The van der Waals surface area contributed by atoms with E-state index in [0.717, 1.165) is 22.0 Å². The number of carbonyl (C=O) groups is 1. The third-order valence-electron chi connectivity index (χ3n) is 3.75. The molecule has 2 heterocycles. The van der Waals surface area contributed by atoms with Crippen molar-refractivity contribution < 1.29 is 4.79 Å². The van der Waals surface area contributed by atoms with Crippen molar-refractivity contribution in [1.82, 2.24) is 9.97 Å². The molecule has 24 heavy (non-hydrogen) atoms. The van der Waals surface area contributed by atoms with Gasteiger partial charge in [-0.15, -0.1) is 11.3 Å². The van der Waals surface area contributed by atoms with Crippen LogP contribution in [0.2, 0.25) is 0 Å². The Bertz CT molecular complexity index is 839. The van der Waals surface area contributed by atoms with Crippen molar-refractivity contribution in [2.45, 2.75) is 26.7 Å². The highest BCUT2D eigenvalue weighted by molar-refractivity contribution is 7.17. The van der Waals surface area contributed by atoms with Crippen LogP contribution in [0.3, 0.4) is 0 Å². The Hall–Kier alpha value is -2.53. The van der Waals surface area contributed by atoms with E-state index >= 15 is 0 Å². The van der Waals surface area contributed by atoms with Crippen LogP contribution in [0, 0.1) is 6.92 Å². The van der Waals surface area contributed by atoms with E-state index in [1.807, 2.05) is 43.3 Å². The van der Waals surface area contributed by atoms with Gasteiger partial charge in [0.05, 0.1) is 5.69 Å². The Kier molecular flexibility index (Phi) is 4.71. The highest BCUT2D eigenvalue weighted by atomic mass is 32.1. The smallest absolute Gasteiger partial charge is 0.267 e. The number of hydrogen-bond donors (Lipinski definition) is 1. The van der Waals surface area contributed by atoms with Gasteiger partial charge in [-0.2, -0.15) is 0 Å². The molecule has 3 rings (SSSR count). The second-order valence-corrected chi connectivity index (χ2v) is 6.91. The van der Waals surface area contributed by atoms with Gasteiger partial charge in [-0.3, -0.25) is 9.78 Å². The van der Waals surface area contributed by atoms with Crippen LogP contribution in [0.4, 0.5) is 5.69 Å². The molecule has 4 nitrogen and oxygen atoms in total. The molecule has 0 aliphatic heterocycles. The first-order valence-corrected chi connectivity index (χ1v) is 8.65. The number of pyridine rings is 1. The van der Waals surface area contributed by atoms with Crippen LogP contribution in [-0.4, -0.2) is 15.9 Å². The minimum absolute atomic E-state index is 0.127. The van der Waals surface area contributed by atoms with E-state index in [0.29, 0.717) is 10.8 Å². The van der Waals surface area contributed by atoms with E-state index in [2.05, 4.69) is 29.1 Å². The van der Waals surface area contributed by atoms with Crippen LogP contribution in [0.15, 0.2) is 48.8 Å². The molecule has 0 aliphatic carbocycles. The number of aryl methyl sites for hydroxylation is 1. The molecule has 1 aromatic carbocycles. The van der Waals surface area contributed by atoms with Crippen molar-refractivity contribution in [2.24, 2.45) is 0 Å². The topological polar surface area (TPSA) is 54.9 Å². The van der Waals surface area contributed by atoms with E-state index in [4.69, 9.17) is 0 Å². The van der Waals surface area contributed by atoms with Crippen LogP contribution in [0.25, 0.3) is 10.6 Å². The van der Waals surface area contributed by atoms with E-state index in [1.54, 1.807) is 12.4 Å². The molecule has 0 unspecified atom stereocenters.